The largest absolute Gasteiger partial charge is 0.504 e. The molecule has 3 aliphatic rings. The molecule has 2 aromatic heterocycles. The molecule has 12 aromatic rings. The van der Waals surface area contributed by atoms with Crippen LogP contribution >= 0.6 is 12.2 Å². The predicted octanol–water partition coefficient (Wildman–Crippen LogP) is 22.6. The first-order chi connectivity index (χ1) is 58.7. The zero-order chi connectivity index (χ0) is 85.4. The summed E-state index contributed by atoms with van der Waals surface area (Å²) in [5.41, 5.74) is 17.9. The fourth-order valence-corrected chi connectivity index (χ4v) is 12.9. The van der Waals surface area contributed by atoms with E-state index >= 15 is 0 Å². The van der Waals surface area contributed by atoms with Crippen molar-refractivity contribution in [1.82, 2.24) is 10.6 Å². The Morgan fingerprint density at radius 2 is 0.802 bits per heavy atom. The number of allylic oxidation sites excluding steroid dienone is 7. The average molecular weight is 1630 g/mol. The van der Waals surface area contributed by atoms with Crippen molar-refractivity contribution in [2.24, 2.45) is 0 Å². The monoisotopic (exact) mass is 1620 g/mol. The first kappa shape index (κ1) is 86.9. The molecule has 2 amide bonds. The van der Waals surface area contributed by atoms with Crippen LogP contribution in [0, 0.1) is 23.3 Å². The van der Waals surface area contributed by atoms with Crippen molar-refractivity contribution in [3.05, 3.63) is 469 Å². The molecule has 5 heterocycles. The molecule has 0 fully saturated rings. The number of aliphatic hydroxyl groups is 4. The van der Waals surface area contributed by atoms with Crippen LogP contribution in [0.25, 0.3) is 44.5 Å². The summed E-state index contributed by atoms with van der Waals surface area (Å²) in [6.45, 7) is 15.4. The second-order valence-electron chi connectivity index (χ2n) is 28.2. The molecule has 0 aliphatic carbocycles. The van der Waals surface area contributed by atoms with Crippen LogP contribution < -0.4 is 16.1 Å². The van der Waals surface area contributed by atoms with E-state index in [1.54, 1.807) is 31.4 Å². The maximum atomic E-state index is 12.2. The summed E-state index contributed by atoms with van der Waals surface area (Å²) in [4.78, 5) is 35.5. The molecular formula is C104H92N2O14S. The summed E-state index contributed by atoms with van der Waals surface area (Å²) in [7, 11) is 0. The predicted molar refractivity (Wildman–Crippen MR) is 479 cm³/mol. The number of carbonyl (C=O) groups excluding carboxylic acids is 2. The van der Waals surface area contributed by atoms with Crippen molar-refractivity contribution in [1.29, 1.82) is 0 Å². The molecule has 17 heteroatoms. The van der Waals surface area contributed by atoms with Gasteiger partial charge in [-0.15, -0.1) is 0 Å². The third-order valence-corrected chi connectivity index (χ3v) is 19.6. The molecule has 8 N–H and O–H groups in total. The summed E-state index contributed by atoms with van der Waals surface area (Å²) >= 11 is 5.00. The minimum atomic E-state index is -0.674. The summed E-state index contributed by atoms with van der Waals surface area (Å²) in [5.74, 6) is 7.19. The topological polar surface area (TPSA) is 251 Å². The number of hydrogen-bond donors (Lipinski definition) is 8. The number of benzene rings is 10. The quantitative estimate of drug-likeness (QED) is 0.0246. The van der Waals surface area contributed by atoms with Gasteiger partial charge in [-0.25, -0.2) is 0 Å². The van der Waals surface area contributed by atoms with Gasteiger partial charge in [0.25, 0.3) is 11.8 Å². The number of aliphatic hydroxyl groups excluding tert-OH is 4. The van der Waals surface area contributed by atoms with Gasteiger partial charge >= 0.3 is 0 Å². The van der Waals surface area contributed by atoms with E-state index in [4.69, 9.17) is 35.3 Å². The van der Waals surface area contributed by atoms with E-state index in [9.17, 15) is 45.0 Å². The number of aryl methyl sites for hydroxylation is 4. The molecule has 0 saturated heterocycles. The lowest BCUT2D eigenvalue weighted by molar-refractivity contribution is 0.0908. The van der Waals surface area contributed by atoms with E-state index in [1.165, 1.54) is 50.6 Å². The van der Waals surface area contributed by atoms with E-state index in [1.807, 2.05) is 159 Å². The molecule has 0 saturated carbocycles. The fourth-order valence-electron chi connectivity index (χ4n) is 12.7. The molecule has 0 radical (unpaired) electrons. The Morgan fingerprint density at radius 1 is 0.413 bits per heavy atom. The standard InChI is InChI=1S/C22H17NO3S.C21H20O3.C21H20O2.C20H17NO4.C20H18O2/c1-15-13-19(27)20(24)21(26-15)22(25)23-14-18-11-9-17(10-12-18)8-7-16-5-3-2-4-6-16;1-15-13-19(14-22)24-20(21(15)23)12-9-16-7-10-18(11-8-16)17-5-3-2-4-6-17;1-15-14-16(2)23-20(21(15)22)13-10-17-8-11-19(12-9-17)18-6-4-3-5-7-18;22-17-11-13-25-19(18(17)23)20(24)21-12-10-14-6-8-16(9-7-14)15-4-2-1-3-5-15;1-15-13-14-22-19(20(15)21)12-9-16-7-10-18(11-8-16)17-5-3-2-4-6-17/h2-6,9-13,24H,14H2,1H3,(H,23,25);2-8,10-11,13,22-23H,1,9,12,14H2;3-9,11-12,14,22H,1,10,13H2,2H3;1-9,11,13,23H,10,12H2,(H,21,24);2-8,10-11,13-14,21H,1,9,12H2. The van der Waals surface area contributed by atoms with E-state index in [2.05, 4.69) is 164 Å². The normalized spacial score (nSPS) is 12.5. The van der Waals surface area contributed by atoms with Crippen LogP contribution in [0.3, 0.4) is 0 Å². The van der Waals surface area contributed by atoms with Crippen LogP contribution in [0.5, 0.6) is 11.5 Å². The molecule has 16 nitrogen and oxygen atoms in total. The van der Waals surface area contributed by atoms with Crippen molar-refractivity contribution in [3.8, 4) is 67.8 Å². The van der Waals surface area contributed by atoms with E-state index < -0.39 is 23.0 Å². The molecule has 121 heavy (non-hydrogen) atoms. The zero-order valence-corrected chi connectivity index (χ0v) is 67.9. The minimum Gasteiger partial charge on any atom is -0.504 e. The maximum absolute atomic E-state index is 12.2. The second-order valence-corrected chi connectivity index (χ2v) is 28.6. The molecule has 3 aliphatic heterocycles. The van der Waals surface area contributed by atoms with E-state index in [0.717, 1.165) is 76.3 Å². The smallest absolute Gasteiger partial charge is 0.291 e. The Bertz CT molecular complexity index is 5980. The lowest BCUT2D eigenvalue weighted by Gasteiger charge is -2.19. The van der Waals surface area contributed by atoms with Gasteiger partial charge in [0.2, 0.25) is 22.7 Å². The number of amides is 2. The van der Waals surface area contributed by atoms with Gasteiger partial charge in [0.15, 0.2) is 23.0 Å². The third kappa shape index (κ3) is 25.8. The summed E-state index contributed by atoms with van der Waals surface area (Å²) in [6, 6.07) is 94.3. The number of hydrogen-bond acceptors (Lipinski definition) is 15. The molecular weight excluding hydrogens is 1530 g/mol. The lowest BCUT2D eigenvalue weighted by Crippen LogP contribution is -2.26. The van der Waals surface area contributed by atoms with Crippen LogP contribution in [0.1, 0.15) is 92.0 Å². The Kier molecular flexibility index (Phi) is 31.5. The van der Waals surface area contributed by atoms with Crippen molar-refractivity contribution in [2.45, 2.75) is 65.3 Å². The Labute approximate surface area is 709 Å². The van der Waals surface area contributed by atoms with Crippen LogP contribution in [-0.4, -0.2) is 55.6 Å². The Hall–Kier alpha value is -15.0. The molecule has 10 aromatic carbocycles. The number of aromatic hydroxyl groups is 2. The van der Waals surface area contributed by atoms with Gasteiger partial charge in [0, 0.05) is 66.3 Å². The fraction of sp³-hybridized carbons (Fsp3) is 0.115. The molecule has 608 valence electrons. The van der Waals surface area contributed by atoms with Gasteiger partial charge in [-0.2, -0.15) is 0 Å². The highest BCUT2D eigenvalue weighted by molar-refractivity contribution is 7.71. The summed E-state index contributed by atoms with van der Waals surface area (Å²) < 4.78 is 26.9. The Balaban J connectivity index is 0.000000148. The number of carbonyl (C=O) groups is 2. The molecule has 0 unspecified atom stereocenters. The SMILES string of the molecule is C=C1C=C(C)OC(CCc2ccc(-c3ccccc3)cc2)=C1O.C=C1C=C(CO)OC(CCc2ccc(-c3ccccc3)cc2)=C1O.C=C1C=COC(CCc2ccc(-c3ccccc3)cc2)=C1O.Cc1cc(=S)c(O)c(C(=O)NCc2ccc(C#Cc3ccccc3)cc2)o1.O=C(NCCc1ccc(-c2ccccc2)cc1)c1occc(=O)c1O. The summed E-state index contributed by atoms with van der Waals surface area (Å²) in [6.07, 6.45) is 12.4. The number of nitrogens with one attached hydrogen (secondary N) is 2. The van der Waals surface area contributed by atoms with Crippen molar-refractivity contribution in [3.63, 3.8) is 0 Å². The summed E-state index contributed by atoms with van der Waals surface area (Å²) in [5, 5.41) is 64.0. The zero-order valence-electron chi connectivity index (χ0n) is 67.1. The van der Waals surface area contributed by atoms with E-state index in [0.29, 0.717) is 84.3 Å². The lowest BCUT2D eigenvalue weighted by atomic mass is 10.0. The highest BCUT2D eigenvalue weighted by Gasteiger charge is 2.22. The van der Waals surface area contributed by atoms with Gasteiger partial charge < -0.3 is 64.3 Å². The van der Waals surface area contributed by atoms with Crippen LogP contribution in [0.2, 0.25) is 0 Å². The molecule has 15 rings (SSSR count). The molecule has 0 spiro atoms. The first-order valence-electron chi connectivity index (χ1n) is 39.2. The highest BCUT2D eigenvalue weighted by atomic mass is 32.1. The van der Waals surface area contributed by atoms with Crippen LogP contribution in [0.4, 0.5) is 0 Å². The van der Waals surface area contributed by atoms with E-state index in [-0.39, 0.29) is 45.7 Å². The first-order valence-corrected chi connectivity index (χ1v) is 39.6. The van der Waals surface area contributed by atoms with Gasteiger partial charge in [-0.3, -0.25) is 14.4 Å². The third-order valence-electron chi connectivity index (χ3n) is 19.3. The number of rotatable bonds is 21. The molecule has 0 bridgehead atoms. The second kappa shape index (κ2) is 43.8. The van der Waals surface area contributed by atoms with Crippen molar-refractivity contribution < 1.29 is 63.3 Å². The van der Waals surface area contributed by atoms with Crippen LogP contribution in [-0.2, 0) is 46.4 Å². The average Bonchev–Trinajstić information content (AvgIpc) is 0.798. The Morgan fingerprint density at radius 3 is 1.26 bits per heavy atom. The van der Waals surface area contributed by atoms with Crippen molar-refractivity contribution >= 4 is 24.0 Å². The molecule has 0 atom stereocenters. The van der Waals surface area contributed by atoms with Gasteiger partial charge in [0.05, 0.1) is 17.0 Å². The number of ether oxygens (including phenoxy) is 3. The highest BCUT2D eigenvalue weighted by Crippen LogP contribution is 2.32. The van der Waals surface area contributed by atoms with Gasteiger partial charge in [-0.1, -0.05) is 293 Å². The minimum absolute atomic E-state index is 0.0631. The maximum Gasteiger partial charge on any atom is 0.291 e. The van der Waals surface area contributed by atoms with Crippen molar-refractivity contribution in [2.75, 3.05) is 13.2 Å². The van der Waals surface area contributed by atoms with Gasteiger partial charge in [0.1, 0.15) is 41.2 Å². The van der Waals surface area contributed by atoms with Crippen LogP contribution in [0.15, 0.2) is 412 Å². The van der Waals surface area contributed by atoms with Gasteiger partial charge in [-0.05, 0) is 160 Å².